The lowest BCUT2D eigenvalue weighted by molar-refractivity contribution is -0.379. The lowest BCUT2D eigenvalue weighted by Gasteiger charge is -2.48. The van der Waals surface area contributed by atoms with Crippen LogP contribution in [0.1, 0.15) is 303 Å². The molecule has 108 heavy (non-hydrogen) atoms. The van der Waals surface area contributed by atoms with E-state index in [1.807, 2.05) is 6.08 Å². The molecule has 19 heteroatoms. The Morgan fingerprint density at radius 2 is 0.648 bits per heavy atom. The molecule has 0 aromatic rings. The molecule has 17 atom stereocenters. The highest BCUT2D eigenvalue weighted by molar-refractivity contribution is 5.76. The highest BCUT2D eigenvalue weighted by Gasteiger charge is 2.54. The first kappa shape index (κ1) is 98.4. The van der Waals surface area contributed by atoms with E-state index in [0.717, 1.165) is 103 Å². The molecule has 0 aromatic carbocycles. The fourth-order valence-corrected chi connectivity index (χ4v) is 13.7. The molecular formula is C89H153NO18. The Kier molecular flexibility index (Phi) is 61.6. The quantitative estimate of drug-likeness (QED) is 0.0199. The van der Waals surface area contributed by atoms with Crippen LogP contribution < -0.4 is 5.32 Å². The van der Waals surface area contributed by atoms with Crippen molar-refractivity contribution < 1.29 is 89.4 Å². The van der Waals surface area contributed by atoms with E-state index in [-0.39, 0.29) is 18.9 Å². The Hall–Kier alpha value is -3.81. The molecule has 3 saturated heterocycles. The molecule has 0 radical (unpaired) electrons. The fraction of sp³-hybridized carbons (Fsp3) is 0.764. The lowest BCUT2D eigenvalue weighted by Crippen LogP contribution is -2.66. The summed E-state index contributed by atoms with van der Waals surface area (Å²) in [4.78, 5) is 13.5. The van der Waals surface area contributed by atoms with Gasteiger partial charge in [-0.15, -0.1) is 0 Å². The number of carbonyl (C=O) groups excluding carboxylic acids is 1. The predicted molar refractivity (Wildman–Crippen MR) is 433 cm³/mol. The van der Waals surface area contributed by atoms with Crippen LogP contribution in [0.2, 0.25) is 0 Å². The molecule has 3 rings (SSSR count). The van der Waals surface area contributed by atoms with E-state index in [0.29, 0.717) is 12.8 Å². The zero-order valence-corrected chi connectivity index (χ0v) is 66.8. The monoisotopic (exact) mass is 1520 g/mol. The van der Waals surface area contributed by atoms with Crippen molar-refractivity contribution in [1.29, 1.82) is 0 Å². The summed E-state index contributed by atoms with van der Waals surface area (Å²) in [7, 11) is 0. The minimum atomic E-state index is -1.99. The number of ether oxygens (including phenoxy) is 6. The van der Waals surface area contributed by atoms with Crippen molar-refractivity contribution in [2.45, 2.75) is 407 Å². The van der Waals surface area contributed by atoms with Crippen molar-refractivity contribution in [3.8, 4) is 0 Å². The van der Waals surface area contributed by atoms with Crippen LogP contribution in [0.15, 0.2) is 122 Å². The van der Waals surface area contributed by atoms with Gasteiger partial charge in [0.2, 0.25) is 5.91 Å². The molecule has 3 aliphatic rings. The van der Waals surface area contributed by atoms with Crippen LogP contribution in [-0.2, 0) is 33.2 Å². The van der Waals surface area contributed by atoms with E-state index in [1.54, 1.807) is 6.08 Å². The summed E-state index contributed by atoms with van der Waals surface area (Å²) in [6, 6.07) is -1.01. The minimum absolute atomic E-state index is 0.217. The van der Waals surface area contributed by atoms with Gasteiger partial charge in [0.05, 0.1) is 38.6 Å². The normalized spacial score (nSPS) is 26.0. The van der Waals surface area contributed by atoms with E-state index >= 15 is 0 Å². The van der Waals surface area contributed by atoms with Crippen molar-refractivity contribution in [1.82, 2.24) is 5.32 Å². The highest BCUT2D eigenvalue weighted by Crippen LogP contribution is 2.33. The summed E-state index contributed by atoms with van der Waals surface area (Å²) in [5, 5.41) is 121. The van der Waals surface area contributed by atoms with Gasteiger partial charge in [0, 0.05) is 6.42 Å². The van der Waals surface area contributed by atoms with E-state index in [1.165, 1.54) is 167 Å². The SMILES string of the molecule is CC/C=C\C/C=C\C/C=C\C/C=C\C/C=C\C/C=C\C/C=C\CCCCCCCCCCCC(=O)NC(COC1OC(CO)C(OC2OC(CO)C(OC3OC(CO)C(O)C(O)C3O)C(O)C2O)C(O)C1O)C(O)/C=C/CC/C=C/CC/C=C/CCCCCCCCCCCCCCCCCCCCCCCC. The van der Waals surface area contributed by atoms with E-state index in [2.05, 4.69) is 129 Å². The highest BCUT2D eigenvalue weighted by atomic mass is 16.8. The summed E-state index contributed by atoms with van der Waals surface area (Å²) in [6.07, 6.45) is 69.1. The Morgan fingerprint density at radius 3 is 1.04 bits per heavy atom. The van der Waals surface area contributed by atoms with Crippen LogP contribution in [0.4, 0.5) is 0 Å². The number of unbranched alkanes of at least 4 members (excludes halogenated alkanes) is 33. The largest absolute Gasteiger partial charge is 0.394 e. The fourth-order valence-electron chi connectivity index (χ4n) is 13.7. The topological polar surface area (TPSA) is 307 Å². The molecule has 0 aromatic heterocycles. The second kappa shape index (κ2) is 67.7. The second-order valence-corrected chi connectivity index (χ2v) is 29.9. The predicted octanol–water partition coefficient (Wildman–Crippen LogP) is 15.5. The molecule has 0 spiro atoms. The van der Waals surface area contributed by atoms with Crippen LogP contribution in [0, 0.1) is 0 Å². The van der Waals surface area contributed by atoms with Crippen molar-refractivity contribution >= 4 is 5.91 Å². The van der Waals surface area contributed by atoms with Crippen LogP contribution in [-0.4, -0.2) is 193 Å². The molecule has 12 N–H and O–H groups in total. The molecule has 3 fully saturated rings. The third-order valence-electron chi connectivity index (χ3n) is 20.5. The maximum Gasteiger partial charge on any atom is 0.220 e. The van der Waals surface area contributed by atoms with Crippen LogP contribution >= 0.6 is 0 Å². The molecular weight excluding hydrogens is 1370 g/mol. The third kappa shape index (κ3) is 46.4. The van der Waals surface area contributed by atoms with E-state index in [4.69, 9.17) is 28.4 Å². The van der Waals surface area contributed by atoms with Gasteiger partial charge in [0.15, 0.2) is 18.9 Å². The standard InChI is InChI=1S/C89H153NO18/c1-3-5-7-9-11-13-15-17-19-21-23-25-27-29-31-33-35-37-38-40-42-44-46-48-50-52-54-56-58-60-62-64-66-73(94)72(90-77(95)67-65-63-61-59-57-55-53-51-49-47-45-43-41-39-36-34-32-30-28-26-24-22-20-18-16-14-12-10-8-6-4-2)71-103-87-83(101)80(98)85(75(69-92)105-87)108-89-84(102)81(99)86(76(70-93)106-89)107-88-82(100)79(97)78(96)74(68-91)104-88/h6,8,12,14,18,20,24,26,30,32,36,39,43,45,48,50,56,58,64,66,72-76,78-89,91-94,96-102H,3-5,7,9-11,13,15-17,19,21-23,25,27-29,31,33-35,37-38,40-42,44,46-47,49,51-55,57,59-63,65,67-71H2,1-2H3,(H,90,95)/b8-6-,14-12-,20-18-,26-24-,32-30-,39-36-,45-43-,50-48+,58-56+,66-64+. The molecule has 1 amide bonds. The first-order valence-electron chi connectivity index (χ1n) is 42.8. The van der Waals surface area contributed by atoms with Gasteiger partial charge in [-0.1, -0.05) is 315 Å². The number of hydrogen-bond acceptors (Lipinski definition) is 18. The van der Waals surface area contributed by atoms with Gasteiger partial charge in [-0.05, 0) is 103 Å². The Bertz CT molecular complexity index is 2420. The summed E-state index contributed by atoms with van der Waals surface area (Å²) in [5.41, 5.74) is 0. The number of carbonyl (C=O) groups is 1. The molecule has 0 saturated carbocycles. The molecule has 0 bridgehead atoms. The van der Waals surface area contributed by atoms with Gasteiger partial charge in [0.1, 0.15) is 73.2 Å². The number of nitrogens with one attached hydrogen (secondary N) is 1. The average molecular weight is 1530 g/mol. The average Bonchev–Trinajstić information content (AvgIpc) is 0.779. The molecule has 3 heterocycles. The number of rotatable bonds is 67. The maximum atomic E-state index is 13.5. The maximum absolute atomic E-state index is 13.5. The van der Waals surface area contributed by atoms with Gasteiger partial charge in [-0.3, -0.25) is 4.79 Å². The smallest absolute Gasteiger partial charge is 0.220 e. The molecule has 3 aliphatic heterocycles. The molecule has 622 valence electrons. The summed E-state index contributed by atoms with van der Waals surface area (Å²) in [6.45, 7) is 1.61. The molecule has 17 unspecified atom stereocenters. The third-order valence-corrected chi connectivity index (χ3v) is 20.5. The first-order chi connectivity index (χ1) is 52.8. The zero-order chi connectivity index (χ0) is 78.1. The second-order valence-electron chi connectivity index (χ2n) is 29.9. The van der Waals surface area contributed by atoms with Crippen molar-refractivity contribution in [3.05, 3.63) is 122 Å². The van der Waals surface area contributed by atoms with Crippen LogP contribution in [0.5, 0.6) is 0 Å². The Balaban J connectivity index is 1.38. The first-order valence-corrected chi connectivity index (χ1v) is 42.8. The zero-order valence-electron chi connectivity index (χ0n) is 66.8. The number of aliphatic hydroxyl groups is 11. The number of allylic oxidation sites excluding steroid dienone is 19. The minimum Gasteiger partial charge on any atom is -0.394 e. The van der Waals surface area contributed by atoms with Crippen LogP contribution in [0.3, 0.4) is 0 Å². The van der Waals surface area contributed by atoms with Crippen molar-refractivity contribution in [2.75, 3.05) is 26.4 Å². The van der Waals surface area contributed by atoms with Gasteiger partial charge in [0.25, 0.3) is 0 Å². The van der Waals surface area contributed by atoms with E-state index in [9.17, 15) is 61.0 Å². The number of amides is 1. The summed E-state index contributed by atoms with van der Waals surface area (Å²) < 4.78 is 34.5. The lowest BCUT2D eigenvalue weighted by atomic mass is 9.96. The molecule has 19 nitrogen and oxygen atoms in total. The number of hydrogen-bond donors (Lipinski definition) is 12. The van der Waals surface area contributed by atoms with Crippen molar-refractivity contribution in [3.63, 3.8) is 0 Å². The van der Waals surface area contributed by atoms with Gasteiger partial charge in [-0.25, -0.2) is 0 Å². The summed E-state index contributed by atoms with van der Waals surface area (Å²) >= 11 is 0. The van der Waals surface area contributed by atoms with Crippen molar-refractivity contribution in [2.24, 2.45) is 0 Å². The van der Waals surface area contributed by atoms with Crippen LogP contribution in [0.25, 0.3) is 0 Å². The Labute approximate surface area is 652 Å². The summed E-state index contributed by atoms with van der Waals surface area (Å²) in [5.74, 6) is -0.299. The molecule has 0 aliphatic carbocycles. The van der Waals surface area contributed by atoms with Gasteiger partial charge >= 0.3 is 0 Å². The van der Waals surface area contributed by atoms with Gasteiger partial charge in [-0.2, -0.15) is 0 Å². The van der Waals surface area contributed by atoms with Gasteiger partial charge < -0.3 is 89.9 Å². The Morgan fingerprint density at radius 1 is 0.343 bits per heavy atom. The number of aliphatic hydroxyl groups excluding tert-OH is 11. The van der Waals surface area contributed by atoms with E-state index < -0.39 is 124 Å².